The minimum absolute atomic E-state index is 0.0195. The molecule has 6 nitrogen and oxygen atoms in total. The summed E-state index contributed by atoms with van der Waals surface area (Å²) in [5, 5.41) is 2.85. The molecule has 0 spiro atoms. The van der Waals surface area contributed by atoms with Crippen LogP contribution in [0.3, 0.4) is 0 Å². The summed E-state index contributed by atoms with van der Waals surface area (Å²) < 4.78 is 23.1. The van der Waals surface area contributed by atoms with Gasteiger partial charge in [-0.25, -0.2) is 4.39 Å². The van der Waals surface area contributed by atoms with E-state index in [0.717, 1.165) is 12.8 Å². The van der Waals surface area contributed by atoms with E-state index in [-0.39, 0.29) is 24.2 Å². The van der Waals surface area contributed by atoms with Crippen molar-refractivity contribution < 1.29 is 23.1 Å². The average Bonchev–Trinajstić information content (AvgIpc) is 3.20. The molecule has 2 aromatic rings. The number of rotatable bonds is 6. The van der Waals surface area contributed by atoms with Crippen LogP contribution < -0.4 is 10.1 Å². The summed E-state index contributed by atoms with van der Waals surface area (Å²) in [6.45, 7) is 1.77. The second kappa shape index (κ2) is 8.51. The SMILES string of the molecule is O=C(COc1ccc(F)cc1)NCC1CCN(C(=O)c2ccoc2)CC1. The molecule has 2 amide bonds. The van der Waals surface area contributed by atoms with Crippen molar-refractivity contribution in [2.75, 3.05) is 26.2 Å². The Kier molecular flexibility index (Phi) is 5.88. The van der Waals surface area contributed by atoms with Gasteiger partial charge in [0.25, 0.3) is 11.8 Å². The van der Waals surface area contributed by atoms with E-state index in [4.69, 9.17) is 9.15 Å². The van der Waals surface area contributed by atoms with Crippen LogP contribution in [0.25, 0.3) is 0 Å². The van der Waals surface area contributed by atoms with Gasteiger partial charge in [-0.05, 0) is 49.1 Å². The fourth-order valence-corrected chi connectivity index (χ4v) is 2.90. The summed E-state index contributed by atoms with van der Waals surface area (Å²) in [7, 11) is 0. The number of likely N-dealkylation sites (tertiary alicyclic amines) is 1. The molecule has 3 rings (SSSR count). The van der Waals surface area contributed by atoms with Gasteiger partial charge in [0.1, 0.15) is 17.8 Å². The van der Waals surface area contributed by atoms with E-state index in [1.165, 1.54) is 36.8 Å². The van der Waals surface area contributed by atoms with E-state index >= 15 is 0 Å². The van der Waals surface area contributed by atoms with Crippen molar-refractivity contribution >= 4 is 11.8 Å². The first kappa shape index (κ1) is 18.0. The Morgan fingerprint density at radius 3 is 2.58 bits per heavy atom. The number of carbonyl (C=O) groups excluding carboxylic acids is 2. The third-order valence-corrected chi connectivity index (χ3v) is 4.44. The first-order valence-corrected chi connectivity index (χ1v) is 8.58. The van der Waals surface area contributed by atoms with E-state index in [0.29, 0.717) is 36.9 Å². The summed E-state index contributed by atoms with van der Waals surface area (Å²) in [6.07, 6.45) is 4.62. The number of furan rings is 1. The summed E-state index contributed by atoms with van der Waals surface area (Å²) in [6, 6.07) is 7.19. The van der Waals surface area contributed by atoms with Crippen LogP contribution in [-0.2, 0) is 4.79 Å². The van der Waals surface area contributed by atoms with Gasteiger partial charge in [-0.2, -0.15) is 0 Å². The van der Waals surface area contributed by atoms with Gasteiger partial charge in [0.2, 0.25) is 0 Å². The van der Waals surface area contributed by atoms with Crippen molar-refractivity contribution in [3.05, 3.63) is 54.2 Å². The molecule has 1 aromatic heterocycles. The lowest BCUT2D eigenvalue weighted by Gasteiger charge is -2.31. The zero-order chi connectivity index (χ0) is 18.4. The molecule has 0 radical (unpaired) electrons. The molecule has 1 saturated heterocycles. The van der Waals surface area contributed by atoms with E-state index < -0.39 is 0 Å². The number of halogens is 1. The number of amides is 2. The average molecular weight is 360 g/mol. The lowest BCUT2D eigenvalue weighted by Crippen LogP contribution is -2.42. The fourth-order valence-electron chi connectivity index (χ4n) is 2.90. The minimum atomic E-state index is -0.348. The van der Waals surface area contributed by atoms with Crippen molar-refractivity contribution in [3.8, 4) is 5.75 Å². The Bertz CT molecular complexity index is 723. The van der Waals surface area contributed by atoms with Crippen molar-refractivity contribution in [2.45, 2.75) is 12.8 Å². The summed E-state index contributed by atoms with van der Waals surface area (Å²) in [5.74, 6) is 0.199. The minimum Gasteiger partial charge on any atom is -0.484 e. The van der Waals surface area contributed by atoms with Gasteiger partial charge >= 0.3 is 0 Å². The highest BCUT2D eigenvalue weighted by molar-refractivity contribution is 5.93. The molecule has 1 fully saturated rings. The maximum absolute atomic E-state index is 12.8. The molecular formula is C19H21FN2O4. The smallest absolute Gasteiger partial charge is 0.257 e. The van der Waals surface area contributed by atoms with Crippen molar-refractivity contribution in [1.82, 2.24) is 10.2 Å². The van der Waals surface area contributed by atoms with Crippen LogP contribution in [0.4, 0.5) is 4.39 Å². The zero-order valence-electron chi connectivity index (χ0n) is 14.3. The molecule has 1 aliphatic rings. The maximum Gasteiger partial charge on any atom is 0.257 e. The summed E-state index contributed by atoms with van der Waals surface area (Å²) in [5.41, 5.74) is 0.565. The number of hydrogen-bond acceptors (Lipinski definition) is 4. The first-order valence-electron chi connectivity index (χ1n) is 8.58. The van der Waals surface area contributed by atoms with Crippen molar-refractivity contribution in [2.24, 2.45) is 5.92 Å². The van der Waals surface area contributed by atoms with Crippen LogP contribution >= 0.6 is 0 Å². The van der Waals surface area contributed by atoms with Crippen LogP contribution in [-0.4, -0.2) is 43.0 Å². The summed E-state index contributed by atoms with van der Waals surface area (Å²) in [4.78, 5) is 25.9. The number of hydrogen-bond donors (Lipinski definition) is 1. The lowest BCUT2D eigenvalue weighted by molar-refractivity contribution is -0.123. The quantitative estimate of drug-likeness (QED) is 0.859. The number of nitrogens with zero attached hydrogens (tertiary/aromatic N) is 1. The highest BCUT2D eigenvalue weighted by Crippen LogP contribution is 2.18. The standard InChI is InChI=1S/C19H21FN2O4/c20-16-1-3-17(4-2-16)26-13-18(23)21-11-14-5-8-22(9-6-14)19(24)15-7-10-25-12-15/h1-4,7,10,12,14H,5-6,8-9,11,13H2,(H,21,23). The predicted octanol–water partition coefficient (Wildman–Crippen LogP) is 2.47. The molecule has 0 atom stereocenters. The fraction of sp³-hybridized carbons (Fsp3) is 0.368. The molecule has 7 heteroatoms. The van der Waals surface area contributed by atoms with E-state index in [1.54, 1.807) is 11.0 Å². The third-order valence-electron chi connectivity index (χ3n) is 4.44. The van der Waals surface area contributed by atoms with Crippen LogP contribution in [0.15, 0.2) is 47.3 Å². The molecule has 0 unspecified atom stereocenters. The largest absolute Gasteiger partial charge is 0.484 e. The normalized spacial score (nSPS) is 14.9. The Morgan fingerprint density at radius 2 is 1.92 bits per heavy atom. The number of ether oxygens (including phenoxy) is 1. The zero-order valence-corrected chi connectivity index (χ0v) is 14.3. The number of benzene rings is 1. The van der Waals surface area contributed by atoms with Crippen LogP contribution in [0.5, 0.6) is 5.75 Å². The Hall–Kier alpha value is -2.83. The molecule has 2 heterocycles. The highest BCUT2D eigenvalue weighted by Gasteiger charge is 2.24. The Labute approximate surface area is 150 Å². The highest BCUT2D eigenvalue weighted by atomic mass is 19.1. The molecule has 1 aliphatic heterocycles. The lowest BCUT2D eigenvalue weighted by atomic mass is 9.96. The predicted molar refractivity (Wildman–Crippen MR) is 92.2 cm³/mol. The van der Waals surface area contributed by atoms with Gasteiger partial charge in [0.15, 0.2) is 6.61 Å². The molecule has 0 aliphatic carbocycles. The van der Waals surface area contributed by atoms with Gasteiger partial charge < -0.3 is 19.4 Å². The van der Waals surface area contributed by atoms with E-state index in [1.807, 2.05) is 0 Å². The van der Waals surface area contributed by atoms with Crippen molar-refractivity contribution in [3.63, 3.8) is 0 Å². The Balaban J connectivity index is 1.35. The number of piperidine rings is 1. The van der Waals surface area contributed by atoms with E-state index in [2.05, 4.69) is 5.32 Å². The van der Waals surface area contributed by atoms with Gasteiger partial charge in [0.05, 0.1) is 11.8 Å². The van der Waals surface area contributed by atoms with Crippen molar-refractivity contribution in [1.29, 1.82) is 0 Å². The second-order valence-electron chi connectivity index (χ2n) is 6.29. The summed E-state index contributed by atoms with van der Waals surface area (Å²) >= 11 is 0. The van der Waals surface area contributed by atoms with Crippen LogP contribution in [0.1, 0.15) is 23.2 Å². The molecule has 0 bridgehead atoms. The number of nitrogens with one attached hydrogen (secondary N) is 1. The monoisotopic (exact) mass is 360 g/mol. The molecular weight excluding hydrogens is 339 g/mol. The molecule has 1 aromatic carbocycles. The van der Waals surface area contributed by atoms with Gasteiger partial charge in [0, 0.05) is 19.6 Å². The Morgan fingerprint density at radius 1 is 1.19 bits per heavy atom. The van der Waals surface area contributed by atoms with Gasteiger partial charge in [-0.15, -0.1) is 0 Å². The molecule has 138 valence electrons. The van der Waals surface area contributed by atoms with E-state index in [9.17, 15) is 14.0 Å². The van der Waals surface area contributed by atoms with Gasteiger partial charge in [-0.3, -0.25) is 9.59 Å². The number of carbonyl (C=O) groups is 2. The second-order valence-corrected chi connectivity index (χ2v) is 6.29. The first-order chi connectivity index (χ1) is 12.6. The molecule has 1 N–H and O–H groups in total. The molecule has 0 saturated carbocycles. The maximum atomic E-state index is 12.8. The third kappa shape index (κ3) is 4.84. The van der Waals surface area contributed by atoms with Crippen LogP contribution in [0.2, 0.25) is 0 Å². The van der Waals surface area contributed by atoms with Gasteiger partial charge in [-0.1, -0.05) is 0 Å². The molecule has 26 heavy (non-hydrogen) atoms. The topological polar surface area (TPSA) is 71.8 Å². The van der Waals surface area contributed by atoms with Crippen LogP contribution in [0, 0.1) is 11.7 Å².